The Morgan fingerprint density at radius 2 is 2.03 bits per heavy atom. The number of alkyl halides is 3. The third kappa shape index (κ3) is 4.65. The van der Waals surface area contributed by atoms with E-state index in [0.29, 0.717) is 30.0 Å². The monoisotopic (exact) mass is 459 g/mol. The average molecular weight is 460 g/mol. The Bertz CT molecular complexity index is 1220. The first-order valence-corrected chi connectivity index (χ1v) is 11.0. The van der Waals surface area contributed by atoms with Gasteiger partial charge in [-0.15, -0.1) is 0 Å². The van der Waals surface area contributed by atoms with Gasteiger partial charge in [-0.1, -0.05) is 11.1 Å². The van der Waals surface area contributed by atoms with Crippen molar-refractivity contribution in [3.8, 4) is 17.3 Å². The van der Waals surface area contributed by atoms with E-state index in [-0.39, 0.29) is 22.3 Å². The normalized spacial score (nSPS) is 18.8. The SMILES string of the molecule is C=S=NC1CCC(CNc2ncc(C#N)c(-c3c[nH]c4ncc(C(F)(F)F)cc34)n2)CC1. The number of halogens is 3. The van der Waals surface area contributed by atoms with Crippen molar-refractivity contribution in [1.82, 2.24) is 19.9 Å². The van der Waals surface area contributed by atoms with Crippen LogP contribution in [0.15, 0.2) is 29.0 Å². The van der Waals surface area contributed by atoms with Crippen LogP contribution in [0, 0.1) is 17.2 Å². The van der Waals surface area contributed by atoms with Gasteiger partial charge in [-0.3, -0.25) is 0 Å². The predicted octanol–water partition coefficient (Wildman–Crippen LogP) is 4.58. The molecule has 0 atom stereocenters. The van der Waals surface area contributed by atoms with Crippen molar-refractivity contribution in [2.24, 2.45) is 10.3 Å². The number of nitrogens with zero attached hydrogens (tertiary/aromatic N) is 5. The molecule has 32 heavy (non-hydrogen) atoms. The first-order chi connectivity index (χ1) is 15.4. The highest BCUT2D eigenvalue weighted by Crippen LogP contribution is 2.35. The number of hydrogen-bond donors (Lipinski definition) is 2. The first kappa shape index (κ1) is 22.0. The molecule has 11 heteroatoms. The molecule has 2 N–H and O–H groups in total. The lowest BCUT2D eigenvalue weighted by Crippen LogP contribution is -2.23. The summed E-state index contributed by atoms with van der Waals surface area (Å²) < 4.78 is 43.9. The number of nitrogens with one attached hydrogen (secondary N) is 2. The Kier molecular flexibility index (Phi) is 6.23. The molecule has 4 rings (SSSR count). The summed E-state index contributed by atoms with van der Waals surface area (Å²) >= 11 is 1.27. The number of aromatic nitrogens is 4. The van der Waals surface area contributed by atoms with Gasteiger partial charge in [0, 0.05) is 29.9 Å². The molecule has 1 saturated carbocycles. The van der Waals surface area contributed by atoms with Crippen molar-refractivity contribution in [2.45, 2.75) is 37.9 Å². The fraction of sp³-hybridized carbons (Fsp3) is 0.381. The fourth-order valence-electron chi connectivity index (χ4n) is 3.90. The van der Waals surface area contributed by atoms with Gasteiger partial charge in [0.1, 0.15) is 11.7 Å². The molecule has 0 spiro atoms. The van der Waals surface area contributed by atoms with E-state index < -0.39 is 11.7 Å². The molecular weight excluding hydrogens is 439 g/mol. The topological polar surface area (TPSA) is 103 Å². The summed E-state index contributed by atoms with van der Waals surface area (Å²) in [6.45, 7) is 0.670. The predicted molar refractivity (Wildman–Crippen MR) is 118 cm³/mol. The van der Waals surface area contributed by atoms with Gasteiger partial charge in [0.05, 0.1) is 29.1 Å². The number of fused-ring (bicyclic) bond motifs is 1. The minimum absolute atomic E-state index is 0.168. The molecule has 0 radical (unpaired) electrons. The molecule has 1 aliphatic rings. The molecule has 0 aromatic carbocycles. The van der Waals surface area contributed by atoms with Crippen LogP contribution < -0.4 is 5.32 Å². The number of nitriles is 1. The molecule has 0 saturated heterocycles. The Morgan fingerprint density at radius 3 is 2.72 bits per heavy atom. The van der Waals surface area contributed by atoms with E-state index >= 15 is 0 Å². The van der Waals surface area contributed by atoms with Crippen LogP contribution in [-0.2, 0) is 17.3 Å². The second-order valence-corrected chi connectivity index (χ2v) is 8.15. The van der Waals surface area contributed by atoms with Crippen molar-refractivity contribution in [3.05, 3.63) is 35.8 Å². The van der Waals surface area contributed by atoms with E-state index in [1.54, 1.807) is 0 Å². The lowest BCUT2D eigenvalue weighted by molar-refractivity contribution is -0.137. The minimum atomic E-state index is -4.52. The quantitative estimate of drug-likeness (QED) is 0.544. The molecule has 0 unspecified atom stereocenters. The maximum absolute atomic E-state index is 13.2. The van der Waals surface area contributed by atoms with Crippen LogP contribution in [0.25, 0.3) is 22.3 Å². The molecule has 3 aromatic heterocycles. The highest BCUT2D eigenvalue weighted by molar-refractivity contribution is 7.65. The molecular formula is C21H20F3N7S. The zero-order valence-corrected chi connectivity index (χ0v) is 17.8. The van der Waals surface area contributed by atoms with Crippen LogP contribution in [0.5, 0.6) is 0 Å². The fourth-order valence-corrected chi connectivity index (χ4v) is 4.33. The van der Waals surface area contributed by atoms with Crippen LogP contribution in [0.1, 0.15) is 36.8 Å². The molecule has 1 fully saturated rings. The molecule has 3 heterocycles. The van der Waals surface area contributed by atoms with E-state index in [4.69, 9.17) is 0 Å². The van der Waals surface area contributed by atoms with E-state index in [0.717, 1.165) is 37.9 Å². The van der Waals surface area contributed by atoms with Crippen LogP contribution in [-0.4, -0.2) is 38.4 Å². The second-order valence-electron chi connectivity index (χ2n) is 7.68. The van der Waals surface area contributed by atoms with Crippen LogP contribution in [0.3, 0.4) is 0 Å². The van der Waals surface area contributed by atoms with Gasteiger partial charge in [0.15, 0.2) is 0 Å². The highest BCUT2D eigenvalue weighted by Gasteiger charge is 2.31. The zero-order chi connectivity index (χ0) is 22.7. The first-order valence-electron chi connectivity index (χ1n) is 10.1. The molecule has 1 aliphatic carbocycles. The van der Waals surface area contributed by atoms with E-state index in [2.05, 4.69) is 35.5 Å². The molecule has 0 bridgehead atoms. The third-order valence-corrected chi connectivity index (χ3v) is 6.06. The molecule has 3 aromatic rings. The number of rotatable bonds is 5. The number of aromatic amines is 1. The smallest absolute Gasteiger partial charge is 0.354 e. The van der Waals surface area contributed by atoms with Gasteiger partial charge in [0.2, 0.25) is 5.95 Å². The van der Waals surface area contributed by atoms with E-state index in [1.807, 2.05) is 6.07 Å². The Hall–Kier alpha value is -3.26. The summed E-state index contributed by atoms with van der Waals surface area (Å²) in [5.74, 6) is 4.47. The lowest BCUT2D eigenvalue weighted by Gasteiger charge is -2.25. The Labute approximate surface area is 185 Å². The highest BCUT2D eigenvalue weighted by atomic mass is 32.1. The number of H-pyrrole nitrogens is 1. The van der Waals surface area contributed by atoms with Gasteiger partial charge in [0.25, 0.3) is 0 Å². The summed E-state index contributed by atoms with van der Waals surface area (Å²) in [7, 11) is 0. The molecule has 166 valence electrons. The minimum Gasteiger partial charge on any atom is -0.354 e. The van der Waals surface area contributed by atoms with Gasteiger partial charge in [-0.25, -0.2) is 19.3 Å². The summed E-state index contributed by atoms with van der Waals surface area (Å²) in [4.78, 5) is 15.4. The summed E-state index contributed by atoms with van der Waals surface area (Å²) in [6, 6.07) is 3.38. The molecule has 0 aliphatic heterocycles. The average Bonchev–Trinajstić information content (AvgIpc) is 3.21. The number of pyridine rings is 1. The second kappa shape index (κ2) is 9.08. The summed E-state index contributed by atoms with van der Waals surface area (Å²) in [5, 5.41) is 12.9. The van der Waals surface area contributed by atoms with Crippen LogP contribution >= 0.6 is 0 Å². The van der Waals surface area contributed by atoms with Gasteiger partial charge in [-0.2, -0.15) is 18.4 Å². The summed E-state index contributed by atoms with van der Waals surface area (Å²) in [5.41, 5.74) is 0.214. The summed E-state index contributed by atoms with van der Waals surface area (Å²) in [6.07, 6.45) is 3.22. The van der Waals surface area contributed by atoms with Crippen molar-refractivity contribution in [3.63, 3.8) is 0 Å². The largest absolute Gasteiger partial charge is 0.417 e. The lowest BCUT2D eigenvalue weighted by atomic mass is 9.86. The third-order valence-electron chi connectivity index (χ3n) is 5.61. The maximum atomic E-state index is 13.2. The van der Waals surface area contributed by atoms with Crippen molar-refractivity contribution >= 4 is 34.0 Å². The van der Waals surface area contributed by atoms with Crippen molar-refractivity contribution in [2.75, 3.05) is 11.9 Å². The maximum Gasteiger partial charge on any atom is 0.417 e. The molecule has 0 amide bonds. The van der Waals surface area contributed by atoms with Crippen molar-refractivity contribution < 1.29 is 13.2 Å². The van der Waals surface area contributed by atoms with E-state index in [9.17, 15) is 18.4 Å². The zero-order valence-electron chi connectivity index (χ0n) is 17.0. The number of anilines is 1. The molecule has 7 nitrogen and oxygen atoms in total. The van der Waals surface area contributed by atoms with Crippen molar-refractivity contribution in [1.29, 1.82) is 5.26 Å². The van der Waals surface area contributed by atoms with Crippen LogP contribution in [0.4, 0.5) is 19.1 Å². The standard InChI is InChI=1S/C21H20F3N7S/c1-32-31-15-4-2-12(3-5-15)8-28-20-29-9-13(7-25)18(30-20)17-11-27-19-16(17)6-14(10-26-19)21(22,23)24/h6,9-12,15H,1-5,8H2,(H,26,27)(H,28,29,30). The number of hydrogen-bond acceptors (Lipinski definition) is 6. The van der Waals surface area contributed by atoms with Gasteiger partial charge >= 0.3 is 6.18 Å². The van der Waals surface area contributed by atoms with Gasteiger partial charge < -0.3 is 10.3 Å². The van der Waals surface area contributed by atoms with Crippen LogP contribution in [0.2, 0.25) is 0 Å². The Balaban J connectivity index is 1.58. The Morgan fingerprint density at radius 1 is 1.25 bits per heavy atom. The van der Waals surface area contributed by atoms with E-state index in [1.165, 1.54) is 23.5 Å². The van der Waals surface area contributed by atoms with Gasteiger partial charge in [-0.05, 0) is 43.5 Å².